The zero-order valence-corrected chi connectivity index (χ0v) is 19.3. The maximum Gasteiger partial charge on any atom is 0.258 e. The zero-order valence-electron chi connectivity index (χ0n) is 16.9. The summed E-state index contributed by atoms with van der Waals surface area (Å²) in [5.41, 5.74) is 3.27. The Morgan fingerprint density at radius 2 is 1.67 bits per heavy atom. The van der Waals surface area contributed by atoms with Crippen molar-refractivity contribution in [3.05, 3.63) is 94.5 Å². The van der Waals surface area contributed by atoms with E-state index in [1.54, 1.807) is 48.5 Å². The van der Waals surface area contributed by atoms with E-state index in [0.717, 1.165) is 16.3 Å². The second-order valence-corrected chi connectivity index (χ2v) is 8.51. The summed E-state index contributed by atoms with van der Waals surface area (Å²) in [4.78, 5) is 17.4. The third-order valence-corrected chi connectivity index (χ3v) is 5.86. The number of carbonyl (C=O) groups is 1. The van der Waals surface area contributed by atoms with E-state index in [-0.39, 0.29) is 11.0 Å². The van der Waals surface area contributed by atoms with Crippen LogP contribution in [0, 0.1) is 0 Å². The van der Waals surface area contributed by atoms with Crippen molar-refractivity contribution >= 4 is 74.0 Å². The molecule has 1 heterocycles. The van der Waals surface area contributed by atoms with Crippen molar-refractivity contribution in [1.29, 1.82) is 0 Å². The van der Waals surface area contributed by atoms with Crippen LogP contribution < -0.4 is 10.6 Å². The Labute approximate surface area is 204 Å². The Balaban J connectivity index is 1.33. The average molecular weight is 492 g/mol. The molecule has 162 valence electrons. The number of carbonyl (C=O) groups excluding carboxylic acids is 1. The molecule has 5 rings (SSSR count). The second kappa shape index (κ2) is 8.83. The highest BCUT2D eigenvalue weighted by Crippen LogP contribution is 2.28. The summed E-state index contributed by atoms with van der Waals surface area (Å²) in [6.45, 7) is 0. The quantitative estimate of drug-likeness (QED) is 0.264. The predicted molar refractivity (Wildman–Crippen MR) is 137 cm³/mol. The number of halogens is 2. The fourth-order valence-corrected chi connectivity index (χ4v) is 4.10. The molecular weight excluding hydrogens is 477 g/mol. The third kappa shape index (κ3) is 4.41. The van der Waals surface area contributed by atoms with Gasteiger partial charge in [-0.15, -0.1) is 0 Å². The lowest BCUT2D eigenvalue weighted by Crippen LogP contribution is -2.34. The number of benzene rings is 4. The lowest BCUT2D eigenvalue weighted by molar-refractivity contribution is 0.0979. The highest BCUT2D eigenvalue weighted by molar-refractivity contribution is 7.80. The lowest BCUT2D eigenvalue weighted by Gasteiger charge is -2.11. The van der Waals surface area contributed by atoms with Crippen molar-refractivity contribution in [2.75, 3.05) is 5.32 Å². The van der Waals surface area contributed by atoms with E-state index in [4.69, 9.17) is 39.8 Å². The molecule has 33 heavy (non-hydrogen) atoms. The number of thiocarbonyl (C=S) groups is 1. The van der Waals surface area contributed by atoms with Crippen LogP contribution in [0.2, 0.25) is 10.0 Å². The molecule has 8 heteroatoms. The maximum atomic E-state index is 12.8. The number of hydrogen-bond acceptors (Lipinski definition) is 4. The maximum absolute atomic E-state index is 12.8. The predicted octanol–water partition coefficient (Wildman–Crippen LogP) is 7.08. The van der Waals surface area contributed by atoms with Crippen molar-refractivity contribution in [3.8, 4) is 11.5 Å². The zero-order chi connectivity index (χ0) is 22.9. The first-order valence-electron chi connectivity index (χ1n) is 9.94. The van der Waals surface area contributed by atoms with Gasteiger partial charge in [0.25, 0.3) is 5.91 Å². The molecule has 1 amide bonds. The van der Waals surface area contributed by atoms with Gasteiger partial charge in [-0.25, -0.2) is 4.98 Å². The highest BCUT2D eigenvalue weighted by Gasteiger charge is 2.14. The molecule has 0 fully saturated rings. The van der Waals surface area contributed by atoms with E-state index in [9.17, 15) is 4.79 Å². The Hall–Kier alpha value is -3.45. The summed E-state index contributed by atoms with van der Waals surface area (Å²) in [7, 11) is 0. The van der Waals surface area contributed by atoms with Crippen LogP contribution in [0.4, 0.5) is 5.69 Å². The van der Waals surface area contributed by atoms with Gasteiger partial charge in [-0.1, -0.05) is 47.5 Å². The lowest BCUT2D eigenvalue weighted by atomic mass is 10.0. The van der Waals surface area contributed by atoms with Gasteiger partial charge in [-0.05, 0) is 72.2 Å². The van der Waals surface area contributed by atoms with E-state index in [0.29, 0.717) is 38.3 Å². The normalized spacial score (nSPS) is 11.0. The molecule has 4 aromatic carbocycles. The summed E-state index contributed by atoms with van der Waals surface area (Å²) < 4.78 is 5.83. The van der Waals surface area contributed by atoms with Crippen LogP contribution in [-0.2, 0) is 0 Å². The highest BCUT2D eigenvalue weighted by atomic mass is 35.5. The van der Waals surface area contributed by atoms with Crippen LogP contribution in [-0.4, -0.2) is 16.0 Å². The Bertz CT molecular complexity index is 1530. The smallest absolute Gasteiger partial charge is 0.258 e. The number of nitrogens with zero attached hydrogens (tertiary/aromatic N) is 1. The van der Waals surface area contributed by atoms with Gasteiger partial charge >= 0.3 is 0 Å². The van der Waals surface area contributed by atoms with Crippen molar-refractivity contribution in [3.63, 3.8) is 0 Å². The number of aromatic nitrogens is 1. The van der Waals surface area contributed by atoms with Gasteiger partial charge in [0.15, 0.2) is 10.7 Å². The van der Waals surface area contributed by atoms with Crippen LogP contribution in [0.5, 0.6) is 0 Å². The molecule has 0 saturated heterocycles. The van der Waals surface area contributed by atoms with Crippen LogP contribution in [0.3, 0.4) is 0 Å². The molecule has 0 aliphatic rings. The van der Waals surface area contributed by atoms with Gasteiger partial charge in [0, 0.05) is 32.2 Å². The van der Waals surface area contributed by atoms with Gasteiger partial charge in [0.05, 0.1) is 0 Å². The molecule has 0 saturated carbocycles. The minimum Gasteiger partial charge on any atom is -0.436 e. The Morgan fingerprint density at radius 1 is 0.909 bits per heavy atom. The van der Waals surface area contributed by atoms with Crippen molar-refractivity contribution in [1.82, 2.24) is 10.3 Å². The van der Waals surface area contributed by atoms with Crippen molar-refractivity contribution < 1.29 is 9.21 Å². The minimum atomic E-state index is -0.326. The molecule has 5 aromatic rings. The number of anilines is 1. The molecule has 0 aliphatic heterocycles. The summed E-state index contributed by atoms with van der Waals surface area (Å²) in [5.74, 6) is 0.164. The first kappa shape index (κ1) is 21.4. The number of fused-ring (bicyclic) bond motifs is 2. The first-order chi connectivity index (χ1) is 16.0. The van der Waals surface area contributed by atoms with E-state index < -0.39 is 0 Å². The van der Waals surface area contributed by atoms with Crippen LogP contribution >= 0.6 is 35.4 Å². The van der Waals surface area contributed by atoms with Gasteiger partial charge in [0.2, 0.25) is 5.89 Å². The molecule has 2 N–H and O–H groups in total. The molecule has 0 radical (unpaired) electrons. The summed E-state index contributed by atoms with van der Waals surface area (Å²) >= 11 is 17.6. The largest absolute Gasteiger partial charge is 0.436 e. The first-order valence-corrected chi connectivity index (χ1v) is 11.1. The van der Waals surface area contributed by atoms with E-state index in [1.807, 2.05) is 30.3 Å². The average Bonchev–Trinajstić information content (AvgIpc) is 3.23. The molecule has 0 bridgehead atoms. The summed E-state index contributed by atoms with van der Waals surface area (Å²) in [5, 5.41) is 8.70. The molecule has 0 aliphatic carbocycles. The fraction of sp³-hybridized carbons (Fsp3) is 0. The van der Waals surface area contributed by atoms with E-state index in [2.05, 4.69) is 15.6 Å². The minimum absolute atomic E-state index is 0.166. The topological polar surface area (TPSA) is 67.2 Å². The SMILES string of the molecule is O=C(NC(=S)Nc1ccc2oc(-c3ccc(Cl)cc3)nc2c1)c1cccc2c(Cl)cccc12. The standard InChI is InChI=1S/C25H15Cl2N3O2S/c26-15-9-7-14(8-10-15)24-29-21-13-16(11-12-22(21)32-24)28-25(33)30-23(31)19-5-1-4-18-17(19)3-2-6-20(18)27/h1-13H,(H2,28,30,31,33). The van der Waals surface area contributed by atoms with Crippen LogP contribution in [0.1, 0.15) is 10.4 Å². The number of oxazole rings is 1. The molecule has 0 atom stereocenters. The Morgan fingerprint density at radius 3 is 2.48 bits per heavy atom. The fourth-order valence-electron chi connectivity index (χ4n) is 3.52. The Kier molecular flexibility index (Phi) is 5.72. The van der Waals surface area contributed by atoms with Gasteiger partial charge in [-0.3, -0.25) is 10.1 Å². The number of nitrogens with one attached hydrogen (secondary N) is 2. The second-order valence-electron chi connectivity index (χ2n) is 7.26. The monoisotopic (exact) mass is 491 g/mol. The molecule has 0 unspecified atom stereocenters. The van der Waals surface area contributed by atoms with Crippen LogP contribution in [0.15, 0.2) is 83.3 Å². The molecular formula is C25H15Cl2N3O2S. The summed E-state index contributed by atoms with van der Waals surface area (Å²) in [6, 6.07) is 23.5. The number of amides is 1. The number of rotatable bonds is 3. The van der Waals surface area contributed by atoms with E-state index >= 15 is 0 Å². The van der Waals surface area contributed by atoms with E-state index in [1.165, 1.54) is 0 Å². The van der Waals surface area contributed by atoms with Gasteiger partial charge in [0.1, 0.15) is 5.52 Å². The molecule has 0 spiro atoms. The molecule has 5 nitrogen and oxygen atoms in total. The van der Waals surface area contributed by atoms with Crippen LogP contribution in [0.25, 0.3) is 33.3 Å². The van der Waals surface area contributed by atoms with Crippen molar-refractivity contribution in [2.24, 2.45) is 0 Å². The summed E-state index contributed by atoms with van der Waals surface area (Å²) in [6.07, 6.45) is 0. The van der Waals surface area contributed by atoms with Gasteiger partial charge in [-0.2, -0.15) is 0 Å². The van der Waals surface area contributed by atoms with Crippen molar-refractivity contribution in [2.45, 2.75) is 0 Å². The van der Waals surface area contributed by atoms with Gasteiger partial charge < -0.3 is 9.73 Å². The molecule has 1 aromatic heterocycles. The third-order valence-electron chi connectivity index (χ3n) is 5.08. The number of hydrogen-bond donors (Lipinski definition) is 2.